The molecule has 0 fully saturated rings. The molecule has 2 aliphatic rings. The fourth-order valence-corrected chi connectivity index (χ4v) is 5.21. The Morgan fingerprint density at radius 3 is 2.46 bits per heavy atom. The Bertz CT molecular complexity index is 1390. The number of allylic oxidation sites excluding steroid dienone is 2. The highest BCUT2D eigenvalue weighted by atomic mass is 35.5. The summed E-state index contributed by atoms with van der Waals surface area (Å²) in [6, 6.07) is 20.4. The van der Waals surface area contributed by atoms with Gasteiger partial charge < -0.3 is 5.11 Å². The molecule has 0 radical (unpaired) electrons. The number of carbonyl (C=O) groups is 1. The highest BCUT2D eigenvalue weighted by Gasteiger charge is 2.43. The molecule has 6 heteroatoms. The van der Waals surface area contributed by atoms with Gasteiger partial charge in [-0.3, -0.25) is 15.1 Å². The second-order valence-corrected chi connectivity index (χ2v) is 9.23. The number of aliphatic hydroxyl groups excluding tert-OH is 1. The van der Waals surface area contributed by atoms with Gasteiger partial charge in [0.1, 0.15) is 17.4 Å². The zero-order chi connectivity index (χ0) is 24.7. The summed E-state index contributed by atoms with van der Waals surface area (Å²) in [6.07, 6.45) is 1.65. The van der Waals surface area contributed by atoms with Crippen molar-refractivity contribution in [1.82, 2.24) is 0 Å². The smallest absolute Gasteiger partial charge is 0.161 e. The topological polar surface area (TPSA) is 64.4 Å². The van der Waals surface area contributed by atoms with Crippen molar-refractivity contribution >= 4 is 34.7 Å². The lowest BCUT2D eigenvalue weighted by Gasteiger charge is -2.42. The molecule has 176 valence electrons. The normalized spacial score (nSPS) is 19.6. The van der Waals surface area contributed by atoms with E-state index < -0.39 is 11.7 Å². The van der Waals surface area contributed by atoms with Crippen LogP contribution in [0.15, 0.2) is 89.6 Å². The first-order chi connectivity index (χ1) is 16.9. The quantitative estimate of drug-likeness (QED) is 0.380. The number of amidine groups is 1. The Kier molecular flexibility index (Phi) is 6.03. The van der Waals surface area contributed by atoms with Gasteiger partial charge in [-0.15, -0.1) is 0 Å². The van der Waals surface area contributed by atoms with E-state index in [0.717, 1.165) is 11.3 Å². The third kappa shape index (κ3) is 3.96. The van der Waals surface area contributed by atoms with Crippen LogP contribution in [0.3, 0.4) is 0 Å². The molecule has 3 aromatic carbocycles. The third-order valence-corrected chi connectivity index (χ3v) is 7.15. The second kappa shape index (κ2) is 9.16. The van der Waals surface area contributed by atoms with Crippen molar-refractivity contribution in [3.8, 4) is 0 Å². The molecule has 4 nitrogen and oxygen atoms in total. The summed E-state index contributed by atoms with van der Waals surface area (Å²) in [5.74, 6) is -1.13. The molecule has 35 heavy (non-hydrogen) atoms. The lowest BCUT2D eigenvalue weighted by Crippen LogP contribution is -2.42. The molecule has 0 bridgehead atoms. The summed E-state index contributed by atoms with van der Waals surface area (Å²) >= 11 is 6.44. The largest absolute Gasteiger partial charge is 0.507 e. The van der Waals surface area contributed by atoms with E-state index in [1.54, 1.807) is 47.4 Å². The Morgan fingerprint density at radius 1 is 1.03 bits per heavy atom. The fourth-order valence-electron chi connectivity index (χ4n) is 5.04. The summed E-state index contributed by atoms with van der Waals surface area (Å²) in [4.78, 5) is 15.2. The van der Waals surface area contributed by atoms with Gasteiger partial charge in [0.2, 0.25) is 0 Å². The van der Waals surface area contributed by atoms with Crippen LogP contribution in [-0.2, 0) is 4.79 Å². The second-order valence-electron chi connectivity index (χ2n) is 8.82. The molecule has 1 heterocycles. The van der Waals surface area contributed by atoms with Crippen LogP contribution in [0.25, 0.3) is 5.76 Å². The first-order valence-electron chi connectivity index (χ1n) is 11.5. The fraction of sp³-hybridized carbons (Fsp3) is 0.172. The number of nitrogens with zero attached hydrogens (tertiary/aromatic N) is 1. The van der Waals surface area contributed by atoms with Gasteiger partial charge in [0.15, 0.2) is 5.78 Å². The van der Waals surface area contributed by atoms with Gasteiger partial charge in [-0.1, -0.05) is 60.1 Å². The molecule has 1 unspecified atom stereocenters. The van der Waals surface area contributed by atoms with Gasteiger partial charge in [0, 0.05) is 39.8 Å². The van der Waals surface area contributed by atoms with E-state index >= 15 is 0 Å². The molecule has 0 saturated carbocycles. The molecule has 0 saturated heterocycles. The summed E-state index contributed by atoms with van der Waals surface area (Å²) in [5.41, 5.74) is 4.24. The van der Waals surface area contributed by atoms with Crippen molar-refractivity contribution < 1.29 is 14.3 Å². The van der Waals surface area contributed by atoms with Crippen molar-refractivity contribution in [3.63, 3.8) is 0 Å². The van der Waals surface area contributed by atoms with Crippen LogP contribution in [0.4, 0.5) is 10.1 Å². The van der Waals surface area contributed by atoms with Crippen molar-refractivity contribution in [2.75, 3.05) is 4.90 Å². The first-order valence-corrected chi connectivity index (χ1v) is 11.9. The number of anilines is 1. The van der Waals surface area contributed by atoms with Gasteiger partial charge in [0.25, 0.3) is 0 Å². The van der Waals surface area contributed by atoms with Gasteiger partial charge in [-0.2, -0.15) is 0 Å². The number of halogens is 2. The van der Waals surface area contributed by atoms with E-state index in [0.29, 0.717) is 52.2 Å². The molecular formula is C29H24ClFN2O2. The molecule has 0 aromatic heterocycles. The lowest BCUT2D eigenvalue weighted by atomic mass is 9.73. The standard InChI is InChI=1S/C29H24ClFN2O2/c1-17-21(30)9-5-10-22(17)33-23-11-6-12-24(34)26(23)25(18-13-15-20(31)16-14-18)27(29(33)32)28(35)19-7-3-2-4-8-19/h2-5,7-10,13-16,25,32,35H,6,11-12H2,1H3/b28-27+,32-29?. The minimum atomic E-state index is -0.693. The molecule has 0 amide bonds. The number of carbonyl (C=O) groups excluding carboxylic acids is 1. The maximum absolute atomic E-state index is 13.8. The SMILES string of the molecule is Cc1c(Cl)cccc1N1C(=N)/C(=C(/O)c2ccccc2)C(c2ccc(F)cc2)C2=C1CCCC2=O. The average molecular weight is 487 g/mol. The van der Waals surface area contributed by atoms with Crippen LogP contribution >= 0.6 is 11.6 Å². The van der Waals surface area contributed by atoms with E-state index in [4.69, 9.17) is 11.6 Å². The zero-order valence-corrected chi connectivity index (χ0v) is 19.9. The molecule has 0 spiro atoms. The molecule has 2 N–H and O–H groups in total. The van der Waals surface area contributed by atoms with Gasteiger partial charge in [-0.25, -0.2) is 4.39 Å². The maximum Gasteiger partial charge on any atom is 0.161 e. The van der Waals surface area contributed by atoms with E-state index in [1.165, 1.54) is 12.1 Å². The van der Waals surface area contributed by atoms with E-state index in [1.807, 2.05) is 25.1 Å². The third-order valence-electron chi connectivity index (χ3n) is 6.74. The Labute approximate surface area is 208 Å². The number of nitrogens with one attached hydrogen (secondary N) is 1. The number of hydrogen-bond donors (Lipinski definition) is 2. The molecule has 1 aliphatic heterocycles. The summed E-state index contributed by atoms with van der Waals surface area (Å²) < 4.78 is 13.8. The highest BCUT2D eigenvalue weighted by molar-refractivity contribution is 6.32. The van der Waals surface area contributed by atoms with Crippen LogP contribution in [0.2, 0.25) is 5.02 Å². The van der Waals surface area contributed by atoms with Crippen LogP contribution in [0.5, 0.6) is 0 Å². The van der Waals surface area contributed by atoms with Gasteiger partial charge in [-0.05, 0) is 55.2 Å². The van der Waals surface area contributed by atoms with Crippen LogP contribution in [0, 0.1) is 18.2 Å². The van der Waals surface area contributed by atoms with E-state index in [9.17, 15) is 19.7 Å². The summed E-state index contributed by atoms with van der Waals surface area (Å²) in [6.45, 7) is 1.88. The molecular weight excluding hydrogens is 463 g/mol. The van der Waals surface area contributed by atoms with E-state index in [-0.39, 0.29) is 17.4 Å². The number of hydrogen-bond acceptors (Lipinski definition) is 3. The number of Topliss-reactive ketones (excluding diaryl/α,β-unsaturated/α-hetero) is 1. The first kappa shape index (κ1) is 23.1. The highest BCUT2D eigenvalue weighted by Crippen LogP contribution is 2.48. The van der Waals surface area contributed by atoms with Crippen LogP contribution < -0.4 is 4.90 Å². The van der Waals surface area contributed by atoms with Gasteiger partial charge >= 0.3 is 0 Å². The van der Waals surface area contributed by atoms with Crippen LogP contribution in [0.1, 0.15) is 41.9 Å². The summed E-state index contributed by atoms with van der Waals surface area (Å²) in [7, 11) is 0. The zero-order valence-electron chi connectivity index (χ0n) is 19.2. The summed E-state index contributed by atoms with van der Waals surface area (Å²) in [5, 5.41) is 21.4. The Hall–Kier alpha value is -3.70. The minimum Gasteiger partial charge on any atom is -0.507 e. The molecule has 3 aromatic rings. The van der Waals surface area contributed by atoms with Crippen molar-refractivity contribution in [2.24, 2.45) is 0 Å². The van der Waals surface area contributed by atoms with Crippen molar-refractivity contribution in [3.05, 3.63) is 117 Å². The van der Waals surface area contributed by atoms with Crippen molar-refractivity contribution in [1.29, 1.82) is 5.41 Å². The lowest BCUT2D eigenvalue weighted by molar-refractivity contribution is -0.116. The number of aliphatic hydroxyl groups is 1. The van der Waals surface area contributed by atoms with E-state index in [2.05, 4.69) is 0 Å². The monoisotopic (exact) mass is 486 g/mol. The number of ketones is 1. The Balaban J connectivity index is 1.85. The predicted molar refractivity (Wildman–Crippen MR) is 137 cm³/mol. The molecule has 5 rings (SSSR count). The van der Waals surface area contributed by atoms with Gasteiger partial charge in [0.05, 0.1) is 5.69 Å². The predicted octanol–water partition coefficient (Wildman–Crippen LogP) is 7.34. The Morgan fingerprint density at radius 2 is 1.74 bits per heavy atom. The minimum absolute atomic E-state index is 0.0314. The van der Waals surface area contributed by atoms with Crippen molar-refractivity contribution in [2.45, 2.75) is 32.1 Å². The average Bonchev–Trinajstić information content (AvgIpc) is 2.86. The maximum atomic E-state index is 13.8. The number of rotatable bonds is 3. The van der Waals surface area contributed by atoms with Crippen LogP contribution in [-0.4, -0.2) is 16.7 Å². The molecule has 1 aliphatic carbocycles. The molecule has 1 atom stereocenters. The number of benzene rings is 3.